The minimum atomic E-state index is -3.06. The Bertz CT molecular complexity index is 449. The fourth-order valence-electron chi connectivity index (χ4n) is 2.35. The molecule has 0 spiro atoms. The summed E-state index contributed by atoms with van der Waals surface area (Å²) in [7, 11) is 0. The Balaban J connectivity index is 2.01. The third kappa shape index (κ3) is 3.81. The molecule has 136 valence electrons. The number of hydrogen-bond acceptors (Lipinski definition) is 11. The monoisotopic (exact) mass is 344 g/mol. The highest BCUT2D eigenvalue weighted by Gasteiger charge is 2.46. The molecule has 0 saturated carbocycles. The van der Waals surface area contributed by atoms with Crippen molar-refractivity contribution < 1.29 is 57.8 Å². The highest BCUT2D eigenvalue weighted by molar-refractivity contribution is 4.91. The molecule has 11 nitrogen and oxygen atoms in total. The van der Waals surface area contributed by atoms with E-state index < -0.39 is 74.6 Å². The van der Waals surface area contributed by atoms with Gasteiger partial charge in [0.2, 0.25) is 0 Å². The van der Waals surface area contributed by atoms with Crippen molar-refractivity contribution in [2.24, 2.45) is 0 Å². The van der Waals surface area contributed by atoms with E-state index in [4.69, 9.17) is 17.0 Å². The van der Waals surface area contributed by atoms with Crippen LogP contribution >= 0.6 is 0 Å². The van der Waals surface area contributed by atoms with Gasteiger partial charge in [-0.1, -0.05) is 0 Å². The van der Waals surface area contributed by atoms with Gasteiger partial charge < -0.3 is 55.1 Å². The molecule has 2 heterocycles. The van der Waals surface area contributed by atoms with Crippen molar-refractivity contribution in [3.05, 3.63) is 0 Å². The molecule has 0 aromatic rings. The van der Waals surface area contributed by atoms with E-state index in [1.54, 1.807) is 0 Å². The fraction of sp³-hybridized carbons (Fsp3) is 1.00. The van der Waals surface area contributed by atoms with Gasteiger partial charge >= 0.3 is 0 Å². The lowest BCUT2D eigenvalue weighted by molar-refractivity contribution is -0.325. The Kier molecular flexibility index (Phi) is 5.33. The van der Waals surface area contributed by atoms with Crippen LogP contribution in [0.25, 0.3) is 0 Å². The lowest BCUT2D eigenvalue weighted by Gasteiger charge is -2.41. The topological polar surface area (TPSA) is 190 Å². The van der Waals surface area contributed by atoms with Crippen molar-refractivity contribution >= 4 is 0 Å². The number of rotatable bonds is 4. The summed E-state index contributed by atoms with van der Waals surface area (Å²) in [6.07, 6.45) is -17.6. The van der Waals surface area contributed by atoms with Gasteiger partial charge in [-0.25, -0.2) is 0 Å². The molecule has 23 heavy (non-hydrogen) atoms. The number of aliphatic hydroxyl groups excluding tert-OH is 7. The quantitative estimate of drug-likeness (QED) is 0.243. The molecule has 11 heteroatoms. The van der Waals surface area contributed by atoms with Crippen molar-refractivity contribution in [2.45, 2.75) is 61.4 Å². The summed E-state index contributed by atoms with van der Waals surface area (Å²) in [5.74, 6) is 0. The molecule has 2 aliphatic rings. The van der Waals surface area contributed by atoms with Gasteiger partial charge in [-0.05, 0) is 0 Å². The zero-order valence-corrected chi connectivity index (χ0v) is 11.8. The largest absolute Gasteiger partial charge is 0.394 e. The van der Waals surface area contributed by atoms with Gasteiger partial charge in [-0.3, -0.25) is 0 Å². The molecule has 8 N–H and O–H groups in total. The lowest BCUT2D eigenvalue weighted by atomic mass is 9.98. The van der Waals surface area contributed by atoms with Gasteiger partial charge in [0, 0.05) is 0 Å². The summed E-state index contributed by atoms with van der Waals surface area (Å²) in [6, 6.07) is 0. The summed E-state index contributed by atoms with van der Waals surface area (Å²) in [5, 5.41) is 76.7. The zero-order chi connectivity index (χ0) is 19.1. The van der Waals surface area contributed by atoms with Crippen LogP contribution in [0, 0.1) is 0 Å². The highest BCUT2D eigenvalue weighted by Crippen LogP contribution is 2.24. The first-order valence-electron chi connectivity index (χ1n) is 7.86. The summed E-state index contributed by atoms with van der Waals surface area (Å²) in [5.41, 5.74) is 0. The van der Waals surface area contributed by atoms with Gasteiger partial charge in [0.25, 0.3) is 0 Å². The van der Waals surface area contributed by atoms with E-state index >= 15 is 0 Å². The molecular formula is C12H22O11. The van der Waals surface area contributed by atoms with Crippen LogP contribution in [-0.4, -0.2) is 115 Å². The molecule has 2 rings (SSSR count). The number of aliphatic hydroxyl groups is 8. The predicted molar refractivity (Wildman–Crippen MR) is 68.6 cm³/mol. The third-order valence-electron chi connectivity index (χ3n) is 3.81. The molecule has 0 aromatic heterocycles. The van der Waals surface area contributed by atoms with E-state index in [0.717, 1.165) is 0 Å². The molecule has 2 fully saturated rings. The van der Waals surface area contributed by atoms with E-state index in [9.17, 15) is 40.9 Å². The van der Waals surface area contributed by atoms with Crippen molar-refractivity contribution in [3.8, 4) is 0 Å². The van der Waals surface area contributed by atoms with Crippen molar-refractivity contribution in [1.82, 2.24) is 0 Å². The third-order valence-corrected chi connectivity index (χ3v) is 3.81. The van der Waals surface area contributed by atoms with E-state index in [1.807, 2.05) is 0 Å². The Labute approximate surface area is 133 Å². The summed E-state index contributed by atoms with van der Waals surface area (Å²) < 4.78 is 29.2. The van der Waals surface area contributed by atoms with E-state index in [-0.39, 0.29) is 0 Å². The molecular weight excluding hydrogens is 320 g/mol. The maximum absolute atomic E-state index is 9.83. The van der Waals surface area contributed by atoms with Gasteiger partial charge in [0.1, 0.15) is 48.8 Å². The minimum absolute atomic E-state index is 0.603. The van der Waals surface area contributed by atoms with Crippen LogP contribution < -0.4 is 0 Å². The maximum atomic E-state index is 9.83. The molecule has 0 radical (unpaired) electrons. The van der Waals surface area contributed by atoms with Crippen LogP contribution in [-0.2, 0) is 14.2 Å². The molecule has 0 bridgehead atoms. The fourth-order valence-corrected chi connectivity index (χ4v) is 2.35. The maximum Gasteiger partial charge on any atom is 0.186 e. The molecule has 0 amide bonds. The summed E-state index contributed by atoms with van der Waals surface area (Å²) >= 11 is 0. The van der Waals surface area contributed by atoms with E-state index in [0.29, 0.717) is 0 Å². The smallest absolute Gasteiger partial charge is 0.186 e. The predicted octanol–water partition coefficient (Wildman–Crippen LogP) is -5.40. The first-order valence-corrected chi connectivity index (χ1v) is 6.86. The van der Waals surface area contributed by atoms with Crippen LogP contribution in [0.5, 0.6) is 0 Å². The van der Waals surface area contributed by atoms with Crippen molar-refractivity contribution in [1.29, 1.82) is 0 Å². The average Bonchev–Trinajstić information content (AvgIpc) is 2.53. The molecule has 2 aliphatic heterocycles. The molecule has 2 saturated heterocycles. The average molecular weight is 344 g/mol. The van der Waals surface area contributed by atoms with Crippen molar-refractivity contribution in [2.75, 3.05) is 13.2 Å². The number of hydrogen-bond donors (Lipinski definition) is 8. The highest BCUT2D eigenvalue weighted by atomic mass is 16.7. The second-order valence-electron chi connectivity index (χ2n) is 5.40. The molecule has 0 aromatic carbocycles. The first kappa shape index (κ1) is 16.1. The summed E-state index contributed by atoms with van der Waals surface area (Å²) in [6.45, 7) is -3.66. The Morgan fingerprint density at radius 3 is 1.91 bits per heavy atom. The Hall–Kier alpha value is -0.440. The van der Waals surface area contributed by atoms with Crippen LogP contribution in [0.2, 0.25) is 0 Å². The zero-order valence-electron chi connectivity index (χ0n) is 13.8. The molecule has 0 unspecified atom stereocenters. The first-order chi connectivity index (χ1) is 11.4. The lowest BCUT2D eigenvalue weighted by Crippen LogP contribution is -2.61. The Morgan fingerprint density at radius 1 is 0.739 bits per heavy atom. The van der Waals surface area contributed by atoms with Crippen molar-refractivity contribution in [3.63, 3.8) is 0 Å². The van der Waals surface area contributed by atoms with Gasteiger partial charge in [-0.2, -0.15) is 0 Å². The Morgan fingerprint density at radius 2 is 1.30 bits per heavy atom. The molecule has 0 aliphatic carbocycles. The van der Waals surface area contributed by atoms with Crippen LogP contribution in [0.3, 0.4) is 0 Å². The second kappa shape index (κ2) is 7.63. The van der Waals surface area contributed by atoms with Gasteiger partial charge in [0.15, 0.2) is 12.6 Å². The van der Waals surface area contributed by atoms with Gasteiger partial charge in [0.05, 0.1) is 15.9 Å². The second-order valence-corrected chi connectivity index (χ2v) is 5.40. The SMILES string of the molecule is [2H]C([2H])(O)[C@H]1O[C@@H](OC[C@H]2O[C@@H](O)[C@H](O)[C@@H](O)[C@@H]2O)[C@H](O)[C@@H](O)[C@@H]1O. The van der Waals surface area contributed by atoms with Crippen LogP contribution in [0.1, 0.15) is 2.74 Å². The molecule has 10 atom stereocenters. The number of ether oxygens (including phenoxy) is 3. The van der Waals surface area contributed by atoms with Gasteiger partial charge in [-0.15, -0.1) is 0 Å². The van der Waals surface area contributed by atoms with E-state index in [2.05, 4.69) is 0 Å². The summed E-state index contributed by atoms with van der Waals surface area (Å²) in [4.78, 5) is 0. The normalized spacial score (nSPS) is 53.6. The van der Waals surface area contributed by atoms with Crippen LogP contribution in [0.15, 0.2) is 0 Å². The minimum Gasteiger partial charge on any atom is -0.394 e. The van der Waals surface area contributed by atoms with E-state index in [1.165, 1.54) is 0 Å². The standard InChI is InChI=1S/C12H22O11/c13-1-3-5(14)8(17)10(19)12(23-3)21-2-4-6(15)7(16)9(18)11(20)22-4/h3-20H,1-2H2/t3-,4-,5-,6-,7+,8+,9-,10-,11-,12-/m1/s1/i1D2. The van der Waals surface area contributed by atoms with Crippen LogP contribution in [0.4, 0.5) is 0 Å².